The van der Waals surface area contributed by atoms with Gasteiger partial charge in [-0.3, -0.25) is 19.5 Å². The molecule has 2 atom stereocenters. The minimum Gasteiger partial charge on any atom is -0.477 e. The predicted octanol–water partition coefficient (Wildman–Crippen LogP) is 0.392. The molecule has 191 valence electrons. The van der Waals surface area contributed by atoms with E-state index < -0.39 is 29.2 Å². The number of thiazole rings is 1. The van der Waals surface area contributed by atoms with Crippen molar-refractivity contribution in [1.82, 2.24) is 29.7 Å². The number of imidazole rings is 1. The van der Waals surface area contributed by atoms with Gasteiger partial charge in [0.2, 0.25) is 0 Å². The number of thioether (sulfide) groups is 1. The van der Waals surface area contributed by atoms with Gasteiger partial charge in [-0.05, 0) is 17.7 Å². The van der Waals surface area contributed by atoms with Crippen LogP contribution in [0.4, 0.5) is 5.13 Å². The van der Waals surface area contributed by atoms with Crippen molar-refractivity contribution in [3.05, 3.63) is 59.4 Å². The smallest absolute Gasteiger partial charge is 0.352 e. The number of β-lactam (4-membered cyclic amide) rings is 1. The summed E-state index contributed by atoms with van der Waals surface area (Å²) in [5.74, 6) is -2.08. The van der Waals surface area contributed by atoms with Crippen LogP contribution in [-0.4, -0.2) is 107 Å². The first-order valence-corrected chi connectivity index (χ1v) is 12.8. The standard InChI is InChI=1S/C22H20N8O5S2.Na/c1-35-28-15(14-9-37-22(23)26-14)18(31)27-16-19(32)30-17(21(33)34)12(8-36-20(16)30)6-29-7-13(25-10-29)11-3-2-4-24-5-11;/h2-5,7,9-10,16,20H,6,8H2,1H3,(H2,23,26)(H,27,31)(H,33,34);/b28-15-;/t16-,20?;/m1./s1. The summed E-state index contributed by atoms with van der Waals surface area (Å²) in [5, 5.41) is 17.5. The van der Waals surface area contributed by atoms with Crippen molar-refractivity contribution in [2.45, 2.75) is 18.0 Å². The van der Waals surface area contributed by atoms with Crippen LogP contribution < -0.4 is 11.1 Å². The monoisotopic (exact) mass is 563 g/mol. The van der Waals surface area contributed by atoms with Gasteiger partial charge in [-0.1, -0.05) is 5.16 Å². The Kier molecular flexibility index (Phi) is 8.52. The van der Waals surface area contributed by atoms with E-state index in [2.05, 4.69) is 25.4 Å². The summed E-state index contributed by atoms with van der Waals surface area (Å²) >= 11 is 2.49. The Labute approximate surface area is 246 Å². The van der Waals surface area contributed by atoms with Gasteiger partial charge in [0.25, 0.3) is 11.8 Å². The van der Waals surface area contributed by atoms with Crippen LogP contribution in [0, 0.1) is 0 Å². The molecular formula is C22H20N8NaO5S2. The number of aromatic nitrogens is 4. The molecule has 0 spiro atoms. The van der Waals surface area contributed by atoms with Crippen molar-refractivity contribution in [3.8, 4) is 11.3 Å². The second-order valence-electron chi connectivity index (χ2n) is 7.98. The van der Waals surface area contributed by atoms with E-state index in [1.54, 1.807) is 40.9 Å². The maximum atomic E-state index is 13.0. The number of nitrogens with two attached hydrogens (primary N) is 1. The number of hydrogen-bond acceptors (Lipinski definition) is 11. The number of rotatable bonds is 8. The van der Waals surface area contributed by atoms with Crippen molar-refractivity contribution in [2.75, 3.05) is 18.6 Å². The summed E-state index contributed by atoms with van der Waals surface area (Å²) in [4.78, 5) is 56.6. The Hall–Kier alpha value is -3.24. The molecule has 0 saturated carbocycles. The maximum absolute atomic E-state index is 13.0. The van der Waals surface area contributed by atoms with Gasteiger partial charge in [-0.2, -0.15) is 0 Å². The number of nitrogen functional groups attached to an aromatic ring is 1. The van der Waals surface area contributed by atoms with Crippen molar-refractivity contribution < 1.29 is 24.3 Å². The van der Waals surface area contributed by atoms with Crippen LogP contribution in [0.25, 0.3) is 11.3 Å². The zero-order valence-electron chi connectivity index (χ0n) is 20.3. The van der Waals surface area contributed by atoms with Crippen molar-refractivity contribution in [3.63, 3.8) is 0 Å². The number of carboxylic acid groups (broad SMARTS) is 1. The predicted molar refractivity (Wildman–Crippen MR) is 141 cm³/mol. The summed E-state index contributed by atoms with van der Waals surface area (Å²) in [6.07, 6.45) is 6.76. The first-order valence-electron chi connectivity index (χ1n) is 10.8. The number of carbonyl (C=O) groups excluding carboxylic acids is 2. The average Bonchev–Trinajstić information content (AvgIpc) is 3.54. The van der Waals surface area contributed by atoms with Gasteiger partial charge in [0.15, 0.2) is 10.8 Å². The van der Waals surface area contributed by atoms with E-state index in [0.717, 1.165) is 16.9 Å². The minimum absolute atomic E-state index is 0. The first kappa shape index (κ1) is 27.8. The van der Waals surface area contributed by atoms with E-state index >= 15 is 0 Å². The van der Waals surface area contributed by atoms with Crippen LogP contribution in [0.15, 0.2) is 58.9 Å². The fourth-order valence-corrected chi connectivity index (χ4v) is 5.92. The fourth-order valence-electron chi connectivity index (χ4n) is 4.04. The summed E-state index contributed by atoms with van der Waals surface area (Å²) in [7, 11) is 1.28. The van der Waals surface area contributed by atoms with Gasteiger partial charge in [-0.25, -0.2) is 14.8 Å². The van der Waals surface area contributed by atoms with Gasteiger partial charge < -0.3 is 25.6 Å². The number of carboxylic acids is 1. The Morgan fingerprint density at radius 2 is 2.21 bits per heavy atom. The molecule has 13 nitrogen and oxygen atoms in total. The number of amides is 2. The maximum Gasteiger partial charge on any atom is 0.352 e. The second-order valence-corrected chi connectivity index (χ2v) is 9.98. The topological polar surface area (TPSA) is 178 Å². The molecule has 1 unspecified atom stereocenters. The second kappa shape index (κ2) is 11.7. The molecule has 3 aromatic rings. The molecule has 3 aromatic heterocycles. The normalized spacial score (nSPS) is 18.8. The van der Waals surface area contributed by atoms with Crippen LogP contribution in [0.5, 0.6) is 0 Å². The van der Waals surface area contributed by atoms with Crippen LogP contribution in [0.1, 0.15) is 5.69 Å². The third-order valence-corrected chi connectivity index (χ3v) is 7.68. The van der Waals surface area contributed by atoms with E-state index in [-0.39, 0.29) is 58.3 Å². The van der Waals surface area contributed by atoms with Crippen LogP contribution in [0.3, 0.4) is 0 Å². The van der Waals surface area contributed by atoms with E-state index in [1.165, 1.54) is 23.8 Å². The molecule has 16 heteroatoms. The number of fused-ring (bicyclic) bond motifs is 1. The van der Waals surface area contributed by atoms with Gasteiger partial charge in [-0.15, -0.1) is 23.1 Å². The molecule has 1 radical (unpaired) electrons. The molecule has 2 amide bonds. The Morgan fingerprint density at radius 1 is 1.39 bits per heavy atom. The number of nitrogens with one attached hydrogen (secondary N) is 1. The number of aliphatic carboxylic acids is 1. The van der Waals surface area contributed by atoms with Crippen molar-refractivity contribution in [1.29, 1.82) is 0 Å². The average molecular weight is 564 g/mol. The van der Waals surface area contributed by atoms with E-state index in [9.17, 15) is 19.5 Å². The van der Waals surface area contributed by atoms with E-state index in [0.29, 0.717) is 17.0 Å². The van der Waals surface area contributed by atoms with E-state index in [1.807, 2.05) is 6.07 Å². The number of hydrogen-bond donors (Lipinski definition) is 3. The van der Waals surface area contributed by atoms with E-state index in [4.69, 9.17) is 10.6 Å². The molecule has 0 bridgehead atoms. The molecule has 5 rings (SSSR count). The molecule has 0 aromatic carbocycles. The Bertz CT molecular complexity index is 1440. The number of nitrogens with zero attached hydrogens (tertiary/aromatic N) is 6. The molecule has 4 N–H and O–H groups in total. The molecular weight excluding hydrogens is 543 g/mol. The summed E-state index contributed by atoms with van der Waals surface area (Å²) in [6.45, 7) is 0.241. The van der Waals surface area contributed by atoms with Gasteiger partial charge in [0.05, 0.1) is 12.0 Å². The zero-order chi connectivity index (χ0) is 26.1. The summed E-state index contributed by atoms with van der Waals surface area (Å²) < 4.78 is 1.76. The van der Waals surface area contributed by atoms with Gasteiger partial charge in [0.1, 0.15) is 29.9 Å². The quantitative estimate of drug-likeness (QED) is 0.150. The zero-order valence-corrected chi connectivity index (χ0v) is 23.9. The number of pyridine rings is 1. The van der Waals surface area contributed by atoms with Crippen LogP contribution in [-0.2, 0) is 25.8 Å². The molecule has 1 saturated heterocycles. The number of oxime groups is 1. The van der Waals surface area contributed by atoms with Gasteiger partial charge >= 0.3 is 5.97 Å². The third kappa shape index (κ3) is 5.33. The van der Waals surface area contributed by atoms with Gasteiger partial charge in [0, 0.05) is 71.4 Å². The summed E-state index contributed by atoms with van der Waals surface area (Å²) in [6, 6.07) is 2.75. The van der Waals surface area contributed by atoms with Crippen LogP contribution >= 0.6 is 23.1 Å². The summed E-state index contributed by atoms with van der Waals surface area (Å²) in [5.41, 5.74) is 7.72. The van der Waals surface area contributed by atoms with Crippen molar-refractivity contribution >= 4 is 81.3 Å². The largest absolute Gasteiger partial charge is 0.477 e. The SMILES string of the molecule is CO/N=C(\C(=O)N[C@@H]1C(=O)N2C(C(=O)O)=C(Cn3cnc(-c4cccnc4)c3)CSC12)c1csc(N)n1.[Na]. The molecule has 5 heterocycles. The van der Waals surface area contributed by atoms with Crippen LogP contribution in [0.2, 0.25) is 0 Å². The fraction of sp³-hybridized carbons (Fsp3) is 0.227. The van der Waals surface area contributed by atoms with Crippen molar-refractivity contribution in [2.24, 2.45) is 5.16 Å². The molecule has 38 heavy (non-hydrogen) atoms. The first-order chi connectivity index (χ1) is 17.9. The number of anilines is 1. The molecule has 0 aliphatic carbocycles. The third-order valence-electron chi connectivity index (χ3n) is 5.66. The molecule has 1 fully saturated rings. The molecule has 2 aliphatic rings. The Balaban J connectivity index is 0.00000336. The Morgan fingerprint density at radius 3 is 2.87 bits per heavy atom. The minimum atomic E-state index is -1.22. The molecule has 2 aliphatic heterocycles. The number of carbonyl (C=O) groups is 3.